The van der Waals surface area contributed by atoms with Crippen molar-refractivity contribution >= 4 is 11.4 Å². The van der Waals surface area contributed by atoms with Crippen molar-refractivity contribution in [2.75, 3.05) is 38.3 Å². The minimum Gasteiger partial charge on any atom is -0.491 e. The molecule has 1 aromatic rings. The third kappa shape index (κ3) is 4.95. The average molecular weight is 269 g/mol. The Morgan fingerprint density at radius 3 is 2.68 bits per heavy atom. The Bertz CT molecular complexity index is 410. The van der Waals surface area contributed by atoms with E-state index >= 15 is 0 Å². The highest BCUT2D eigenvalue weighted by molar-refractivity contribution is 5.68. The fraction of sp³-hybridized carbons (Fsp3) is 0.571. The zero-order valence-corrected chi connectivity index (χ0v) is 12.2. The van der Waals surface area contributed by atoms with Gasteiger partial charge in [-0.2, -0.15) is 0 Å². The van der Waals surface area contributed by atoms with Gasteiger partial charge in [-0.1, -0.05) is 0 Å². The largest absolute Gasteiger partial charge is 0.491 e. The van der Waals surface area contributed by atoms with E-state index in [0.29, 0.717) is 12.3 Å². The molecule has 0 aliphatic carbocycles. The molecule has 1 unspecified atom stereocenters. The maximum atomic E-state index is 13.6. The smallest absolute Gasteiger partial charge is 0.167 e. The van der Waals surface area contributed by atoms with Gasteiger partial charge in [0.1, 0.15) is 0 Å². The van der Waals surface area contributed by atoms with E-state index in [9.17, 15) is 4.39 Å². The van der Waals surface area contributed by atoms with Gasteiger partial charge >= 0.3 is 0 Å². The first-order chi connectivity index (χ1) is 8.93. The topological polar surface area (TPSA) is 50.5 Å². The molecule has 0 bridgehead atoms. The molecule has 0 aromatic heterocycles. The first-order valence-corrected chi connectivity index (χ1v) is 6.57. The molecule has 1 rings (SSSR count). The minimum absolute atomic E-state index is 0.235. The zero-order valence-electron chi connectivity index (χ0n) is 12.2. The standard InChI is InChI=1S/C14H24FN3O/c1-5-19-14-9-13(12(16)8-11(14)15)17-10(2)6-7-18(3)4/h8-10,17H,5-7,16H2,1-4H3. The van der Waals surface area contributed by atoms with E-state index in [1.54, 1.807) is 6.07 Å². The number of benzene rings is 1. The Morgan fingerprint density at radius 1 is 1.42 bits per heavy atom. The molecule has 0 spiro atoms. The molecule has 0 aliphatic rings. The number of hydrogen-bond acceptors (Lipinski definition) is 4. The lowest BCUT2D eigenvalue weighted by atomic mass is 10.2. The Balaban J connectivity index is 2.74. The minimum atomic E-state index is -0.425. The molecule has 0 saturated carbocycles. The molecule has 1 atom stereocenters. The summed E-state index contributed by atoms with van der Waals surface area (Å²) < 4.78 is 18.8. The fourth-order valence-electron chi connectivity index (χ4n) is 1.75. The summed E-state index contributed by atoms with van der Waals surface area (Å²) in [6, 6.07) is 3.18. The Labute approximate surface area is 114 Å². The Kier molecular flexibility index (Phi) is 5.89. The summed E-state index contributed by atoms with van der Waals surface area (Å²) in [7, 11) is 4.07. The van der Waals surface area contributed by atoms with E-state index < -0.39 is 5.82 Å². The van der Waals surface area contributed by atoms with Crippen LogP contribution in [0.4, 0.5) is 15.8 Å². The van der Waals surface area contributed by atoms with Crippen molar-refractivity contribution in [3.63, 3.8) is 0 Å². The number of nitrogens with two attached hydrogens (primary N) is 1. The summed E-state index contributed by atoms with van der Waals surface area (Å²) in [6.45, 7) is 5.30. The van der Waals surface area contributed by atoms with E-state index in [1.165, 1.54) is 6.07 Å². The molecule has 0 fully saturated rings. The van der Waals surface area contributed by atoms with Crippen molar-refractivity contribution in [1.29, 1.82) is 0 Å². The monoisotopic (exact) mass is 269 g/mol. The number of nitrogens with zero attached hydrogens (tertiary/aromatic N) is 1. The molecule has 5 heteroatoms. The van der Waals surface area contributed by atoms with Crippen LogP contribution in [-0.4, -0.2) is 38.2 Å². The zero-order chi connectivity index (χ0) is 14.4. The van der Waals surface area contributed by atoms with Crippen molar-refractivity contribution in [3.05, 3.63) is 17.9 Å². The van der Waals surface area contributed by atoms with Crippen LogP contribution in [0.5, 0.6) is 5.75 Å². The summed E-state index contributed by atoms with van der Waals surface area (Å²) in [5.74, 6) is -0.190. The third-order valence-electron chi connectivity index (χ3n) is 2.82. The number of nitrogen functional groups attached to an aromatic ring is 1. The van der Waals surface area contributed by atoms with Crippen LogP contribution in [-0.2, 0) is 0 Å². The van der Waals surface area contributed by atoms with Crippen molar-refractivity contribution in [1.82, 2.24) is 4.90 Å². The molecule has 0 saturated heterocycles. The Morgan fingerprint density at radius 2 is 2.11 bits per heavy atom. The highest BCUT2D eigenvalue weighted by Crippen LogP contribution is 2.28. The predicted molar refractivity (Wildman–Crippen MR) is 78.2 cm³/mol. The SMILES string of the molecule is CCOc1cc(NC(C)CCN(C)C)c(N)cc1F. The summed E-state index contributed by atoms with van der Waals surface area (Å²) in [5, 5.41) is 3.29. The molecule has 19 heavy (non-hydrogen) atoms. The first-order valence-electron chi connectivity index (χ1n) is 6.57. The van der Waals surface area contributed by atoms with Crippen LogP contribution < -0.4 is 15.8 Å². The molecule has 0 amide bonds. The molecule has 3 N–H and O–H groups in total. The van der Waals surface area contributed by atoms with Crippen molar-refractivity contribution in [2.24, 2.45) is 0 Å². The van der Waals surface area contributed by atoms with Gasteiger partial charge in [0, 0.05) is 18.2 Å². The van der Waals surface area contributed by atoms with E-state index in [0.717, 1.165) is 18.7 Å². The summed E-state index contributed by atoms with van der Waals surface area (Å²) in [5.41, 5.74) is 6.94. The molecule has 0 heterocycles. The number of halogens is 1. The second-order valence-corrected chi connectivity index (χ2v) is 4.94. The third-order valence-corrected chi connectivity index (χ3v) is 2.82. The maximum Gasteiger partial charge on any atom is 0.167 e. The van der Waals surface area contributed by atoms with Gasteiger partial charge in [-0.05, 0) is 40.9 Å². The van der Waals surface area contributed by atoms with Gasteiger partial charge in [0.25, 0.3) is 0 Å². The normalized spacial score (nSPS) is 12.5. The first kappa shape index (κ1) is 15.6. The van der Waals surface area contributed by atoms with E-state index in [1.807, 2.05) is 21.0 Å². The highest BCUT2D eigenvalue weighted by Gasteiger charge is 2.11. The van der Waals surface area contributed by atoms with Gasteiger partial charge in [0.2, 0.25) is 0 Å². The second-order valence-electron chi connectivity index (χ2n) is 4.94. The maximum absolute atomic E-state index is 13.6. The average Bonchev–Trinajstić information content (AvgIpc) is 2.33. The lowest BCUT2D eigenvalue weighted by Crippen LogP contribution is -2.23. The van der Waals surface area contributed by atoms with Crippen LogP contribution in [0.15, 0.2) is 12.1 Å². The molecular weight excluding hydrogens is 245 g/mol. The molecule has 4 nitrogen and oxygen atoms in total. The fourth-order valence-corrected chi connectivity index (χ4v) is 1.75. The van der Waals surface area contributed by atoms with E-state index in [-0.39, 0.29) is 11.8 Å². The van der Waals surface area contributed by atoms with Crippen LogP contribution in [0.25, 0.3) is 0 Å². The van der Waals surface area contributed by atoms with E-state index in [2.05, 4.69) is 17.1 Å². The van der Waals surface area contributed by atoms with Gasteiger partial charge < -0.3 is 20.7 Å². The lowest BCUT2D eigenvalue weighted by Gasteiger charge is -2.19. The summed E-state index contributed by atoms with van der Waals surface area (Å²) in [6.07, 6.45) is 0.980. The van der Waals surface area contributed by atoms with Crippen LogP contribution in [0.3, 0.4) is 0 Å². The van der Waals surface area contributed by atoms with Gasteiger partial charge in [-0.25, -0.2) is 4.39 Å². The van der Waals surface area contributed by atoms with Gasteiger partial charge in [-0.3, -0.25) is 0 Å². The lowest BCUT2D eigenvalue weighted by molar-refractivity contribution is 0.322. The van der Waals surface area contributed by atoms with Crippen LogP contribution in [0.1, 0.15) is 20.3 Å². The van der Waals surface area contributed by atoms with Crippen molar-refractivity contribution in [3.8, 4) is 5.75 Å². The van der Waals surface area contributed by atoms with E-state index in [4.69, 9.17) is 10.5 Å². The van der Waals surface area contributed by atoms with Crippen LogP contribution >= 0.6 is 0 Å². The molecule has 0 radical (unpaired) electrons. The molecule has 108 valence electrons. The van der Waals surface area contributed by atoms with Gasteiger partial charge in [0.15, 0.2) is 11.6 Å². The number of rotatable bonds is 7. The van der Waals surface area contributed by atoms with Gasteiger partial charge in [-0.15, -0.1) is 0 Å². The predicted octanol–water partition coefficient (Wildman–Crippen LogP) is 2.56. The molecule has 0 aliphatic heterocycles. The summed E-state index contributed by atoms with van der Waals surface area (Å²) >= 11 is 0. The van der Waals surface area contributed by atoms with Crippen LogP contribution in [0.2, 0.25) is 0 Å². The van der Waals surface area contributed by atoms with Gasteiger partial charge in [0.05, 0.1) is 18.0 Å². The number of ether oxygens (including phenoxy) is 1. The quantitative estimate of drug-likeness (QED) is 0.747. The molecule has 1 aromatic carbocycles. The number of hydrogen-bond donors (Lipinski definition) is 2. The number of nitrogens with one attached hydrogen (secondary N) is 1. The van der Waals surface area contributed by atoms with Crippen LogP contribution in [0, 0.1) is 5.82 Å². The Hall–Kier alpha value is -1.49. The molecular formula is C14H24FN3O. The number of anilines is 2. The summed E-state index contributed by atoms with van der Waals surface area (Å²) in [4.78, 5) is 2.12. The van der Waals surface area contributed by atoms with Crippen molar-refractivity contribution in [2.45, 2.75) is 26.3 Å². The second kappa shape index (κ2) is 7.19. The highest BCUT2D eigenvalue weighted by atomic mass is 19.1. The van der Waals surface area contributed by atoms with Crippen molar-refractivity contribution < 1.29 is 9.13 Å².